The second-order valence-electron chi connectivity index (χ2n) is 8.54. The summed E-state index contributed by atoms with van der Waals surface area (Å²) in [6, 6.07) is 22.4. The van der Waals surface area contributed by atoms with Gasteiger partial charge in [0.15, 0.2) is 0 Å². The number of carbonyl (C=O) groups is 2. The topological polar surface area (TPSA) is 53.5 Å². The van der Waals surface area contributed by atoms with Crippen molar-refractivity contribution in [3.05, 3.63) is 90.3 Å². The van der Waals surface area contributed by atoms with Gasteiger partial charge in [-0.15, -0.1) is 0 Å². The van der Waals surface area contributed by atoms with Crippen LogP contribution in [-0.4, -0.2) is 52.8 Å². The van der Waals surface area contributed by atoms with Crippen LogP contribution in [0.4, 0.5) is 0 Å². The molecule has 0 bridgehead atoms. The highest BCUT2D eigenvalue weighted by molar-refractivity contribution is 5.83. The van der Waals surface area contributed by atoms with Crippen molar-refractivity contribution in [2.24, 2.45) is 5.92 Å². The van der Waals surface area contributed by atoms with Crippen molar-refractivity contribution in [2.45, 2.75) is 26.2 Å². The zero-order valence-electron chi connectivity index (χ0n) is 19.2. The van der Waals surface area contributed by atoms with Crippen LogP contribution in [0.2, 0.25) is 0 Å². The van der Waals surface area contributed by atoms with Crippen molar-refractivity contribution < 1.29 is 9.59 Å². The lowest BCUT2D eigenvalue weighted by atomic mass is 9.91. The van der Waals surface area contributed by atoms with Crippen LogP contribution in [0.5, 0.6) is 0 Å². The molecule has 1 fully saturated rings. The molecule has 1 unspecified atom stereocenters. The average Bonchev–Trinajstić information content (AvgIpc) is 3.02. The van der Waals surface area contributed by atoms with Crippen molar-refractivity contribution in [3.8, 4) is 11.1 Å². The van der Waals surface area contributed by atoms with Crippen molar-refractivity contribution in [1.29, 1.82) is 0 Å². The van der Waals surface area contributed by atoms with E-state index >= 15 is 0 Å². The van der Waals surface area contributed by atoms with Crippen LogP contribution in [0.15, 0.2) is 79.1 Å². The molecule has 1 saturated heterocycles. The van der Waals surface area contributed by atoms with Gasteiger partial charge in [-0.2, -0.15) is 0 Å². The maximum atomic E-state index is 13.4. The number of rotatable bonds is 7. The van der Waals surface area contributed by atoms with E-state index in [0.717, 1.165) is 22.3 Å². The summed E-state index contributed by atoms with van der Waals surface area (Å²) in [4.78, 5) is 34.3. The fourth-order valence-electron chi connectivity index (χ4n) is 4.56. The minimum atomic E-state index is -0.248. The van der Waals surface area contributed by atoms with Gasteiger partial charge in [-0.1, -0.05) is 54.6 Å². The van der Waals surface area contributed by atoms with Crippen molar-refractivity contribution in [2.75, 3.05) is 26.2 Å². The number of nitrogens with zero attached hydrogens (tertiary/aromatic N) is 3. The summed E-state index contributed by atoms with van der Waals surface area (Å²) in [5.41, 5.74) is 4.54. The van der Waals surface area contributed by atoms with E-state index in [9.17, 15) is 9.59 Å². The first-order valence-electron chi connectivity index (χ1n) is 11.7. The molecule has 4 rings (SSSR count). The summed E-state index contributed by atoms with van der Waals surface area (Å²) < 4.78 is 0. The molecule has 1 aromatic heterocycles. The third kappa shape index (κ3) is 5.67. The van der Waals surface area contributed by atoms with Gasteiger partial charge in [-0.05, 0) is 54.2 Å². The van der Waals surface area contributed by atoms with E-state index in [-0.39, 0.29) is 17.7 Å². The van der Waals surface area contributed by atoms with Gasteiger partial charge >= 0.3 is 0 Å². The number of aromatic nitrogens is 1. The molecule has 2 amide bonds. The summed E-state index contributed by atoms with van der Waals surface area (Å²) in [5.74, 6) is 0.00546. The van der Waals surface area contributed by atoms with Crippen LogP contribution in [0, 0.1) is 5.92 Å². The molecule has 0 radical (unpaired) electrons. The van der Waals surface area contributed by atoms with E-state index in [0.29, 0.717) is 45.4 Å². The largest absolute Gasteiger partial charge is 0.341 e. The smallest absolute Gasteiger partial charge is 0.227 e. The predicted molar refractivity (Wildman–Crippen MR) is 130 cm³/mol. The number of amides is 2. The molecule has 5 heteroatoms. The highest BCUT2D eigenvalue weighted by Crippen LogP contribution is 2.27. The fourth-order valence-corrected chi connectivity index (χ4v) is 4.56. The Hall–Kier alpha value is -3.47. The second-order valence-corrected chi connectivity index (χ2v) is 8.54. The van der Waals surface area contributed by atoms with Gasteiger partial charge in [0.05, 0.1) is 5.92 Å². The first kappa shape index (κ1) is 22.7. The van der Waals surface area contributed by atoms with Crippen LogP contribution in [0.1, 0.15) is 24.5 Å². The Kier molecular flexibility index (Phi) is 7.51. The maximum Gasteiger partial charge on any atom is 0.227 e. The van der Waals surface area contributed by atoms with Crippen LogP contribution in [0.25, 0.3) is 11.1 Å². The van der Waals surface area contributed by atoms with Crippen molar-refractivity contribution in [1.82, 2.24) is 14.8 Å². The molecule has 1 atom stereocenters. The fraction of sp³-hybridized carbons (Fsp3) is 0.321. The first-order chi connectivity index (χ1) is 16.2. The third-order valence-corrected chi connectivity index (χ3v) is 6.42. The second kappa shape index (κ2) is 10.9. The lowest BCUT2D eigenvalue weighted by Gasteiger charge is -2.24. The molecule has 1 aliphatic heterocycles. The molecule has 2 heterocycles. The lowest BCUT2D eigenvalue weighted by molar-refractivity contribution is -0.134. The van der Waals surface area contributed by atoms with Gasteiger partial charge < -0.3 is 9.80 Å². The van der Waals surface area contributed by atoms with E-state index in [1.54, 1.807) is 12.4 Å². The Morgan fingerprint density at radius 1 is 0.970 bits per heavy atom. The van der Waals surface area contributed by atoms with E-state index in [2.05, 4.69) is 29.2 Å². The Morgan fingerprint density at radius 2 is 1.70 bits per heavy atom. The molecule has 5 nitrogen and oxygen atoms in total. The van der Waals surface area contributed by atoms with Gasteiger partial charge in [0.1, 0.15) is 0 Å². The summed E-state index contributed by atoms with van der Waals surface area (Å²) in [6.07, 6.45) is 5.25. The van der Waals surface area contributed by atoms with E-state index in [4.69, 9.17) is 0 Å². The predicted octanol–water partition coefficient (Wildman–Crippen LogP) is 4.23. The number of benzene rings is 2. The standard InChI is InChI=1S/C28H31N3O2/c1-2-30-18-19-31(27(32)13-12-22-14-16-29-17-15-22)21-25(28(30)33)20-24-10-6-7-11-26(24)23-8-4-3-5-9-23/h3-11,14-17,25H,2,12-13,18-21H2,1H3. The Morgan fingerprint density at radius 3 is 2.45 bits per heavy atom. The molecule has 170 valence electrons. The highest BCUT2D eigenvalue weighted by atomic mass is 16.2. The quantitative estimate of drug-likeness (QED) is 0.551. The zero-order chi connectivity index (χ0) is 23.0. The zero-order valence-corrected chi connectivity index (χ0v) is 19.2. The summed E-state index contributed by atoms with van der Waals surface area (Å²) in [5, 5.41) is 0. The number of pyridine rings is 1. The first-order valence-corrected chi connectivity index (χ1v) is 11.7. The SMILES string of the molecule is CCN1CCN(C(=O)CCc2ccncc2)CC(Cc2ccccc2-c2ccccc2)C1=O. The molecule has 1 aliphatic rings. The maximum absolute atomic E-state index is 13.4. The van der Waals surface area contributed by atoms with Crippen LogP contribution in [0.3, 0.4) is 0 Å². The Balaban J connectivity index is 1.52. The highest BCUT2D eigenvalue weighted by Gasteiger charge is 2.32. The van der Waals surface area contributed by atoms with Crippen LogP contribution < -0.4 is 0 Å². The number of likely N-dealkylation sites (N-methyl/N-ethyl adjacent to an activating group) is 1. The molecular formula is C28H31N3O2. The van der Waals surface area contributed by atoms with Crippen molar-refractivity contribution >= 4 is 11.8 Å². The number of carbonyl (C=O) groups excluding carboxylic acids is 2. The molecular weight excluding hydrogens is 410 g/mol. The molecule has 0 spiro atoms. The van der Waals surface area contributed by atoms with Gasteiger partial charge in [0.25, 0.3) is 0 Å². The lowest BCUT2D eigenvalue weighted by Crippen LogP contribution is -2.38. The number of aryl methyl sites for hydroxylation is 1. The molecule has 2 aromatic carbocycles. The summed E-state index contributed by atoms with van der Waals surface area (Å²) in [6.45, 7) is 4.31. The summed E-state index contributed by atoms with van der Waals surface area (Å²) in [7, 11) is 0. The minimum Gasteiger partial charge on any atom is -0.341 e. The normalized spacial score (nSPS) is 16.5. The van der Waals surface area contributed by atoms with Gasteiger partial charge in [-0.25, -0.2) is 0 Å². The Bertz CT molecular complexity index is 1070. The van der Waals surface area contributed by atoms with Crippen LogP contribution in [-0.2, 0) is 22.4 Å². The molecule has 0 N–H and O–H groups in total. The van der Waals surface area contributed by atoms with Crippen molar-refractivity contribution in [3.63, 3.8) is 0 Å². The molecule has 0 aliphatic carbocycles. The monoisotopic (exact) mass is 441 g/mol. The van der Waals surface area contributed by atoms with E-state index < -0.39 is 0 Å². The Labute approximate surface area is 196 Å². The molecule has 3 aromatic rings. The van der Waals surface area contributed by atoms with Gasteiger partial charge in [0.2, 0.25) is 11.8 Å². The van der Waals surface area contributed by atoms with Gasteiger partial charge in [0, 0.05) is 45.0 Å². The van der Waals surface area contributed by atoms with E-state index in [1.165, 1.54) is 0 Å². The third-order valence-electron chi connectivity index (χ3n) is 6.42. The molecule has 33 heavy (non-hydrogen) atoms. The summed E-state index contributed by atoms with van der Waals surface area (Å²) >= 11 is 0. The minimum absolute atomic E-state index is 0.110. The number of hydrogen-bond acceptors (Lipinski definition) is 3. The van der Waals surface area contributed by atoms with Crippen LogP contribution >= 0.6 is 0 Å². The van der Waals surface area contributed by atoms with Gasteiger partial charge in [-0.3, -0.25) is 14.6 Å². The number of hydrogen-bond donors (Lipinski definition) is 0. The van der Waals surface area contributed by atoms with E-state index in [1.807, 2.05) is 59.2 Å². The average molecular weight is 442 g/mol. The molecule has 0 saturated carbocycles.